The van der Waals surface area contributed by atoms with E-state index >= 15 is 0 Å². The summed E-state index contributed by atoms with van der Waals surface area (Å²) >= 11 is 0. The predicted octanol–water partition coefficient (Wildman–Crippen LogP) is 3.56. The van der Waals surface area contributed by atoms with E-state index < -0.39 is 15.4 Å². The molecule has 0 aliphatic carbocycles. The average molecular weight is 368 g/mol. The Morgan fingerprint density at radius 1 is 1.32 bits per heavy atom. The first-order valence-corrected chi connectivity index (χ1v) is 10.1. The number of aromatic nitrogens is 1. The molecule has 1 unspecified atom stereocenters. The van der Waals surface area contributed by atoms with Gasteiger partial charge in [0.1, 0.15) is 5.76 Å². The van der Waals surface area contributed by atoms with Crippen molar-refractivity contribution in [2.24, 2.45) is 0 Å². The molecule has 0 spiro atoms. The molecule has 25 heavy (non-hydrogen) atoms. The van der Waals surface area contributed by atoms with Crippen molar-refractivity contribution < 1.29 is 26.7 Å². The van der Waals surface area contributed by atoms with Gasteiger partial charge in [-0.15, -0.1) is 0 Å². The van der Waals surface area contributed by atoms with Gasteiger partial charge >= 0.3 is 5.89 Å². The van der Waals surface area contributed by atoms with E-state index in [1.54, 1.807) is 6.92 Å². The van der Waals surface area contributed by atoms with Crippen molar-refractivity contribution in [2.45, 2.75) is 51.8 Å². The van der Waals surface area contributed by atoms with E-state index in [4.69, 9.17) is 9.15 Å². The molecular formula is C18H26NO5S+. The van der Waals surface area contributed by atoms with Crippen LogP contribution in [0.4, 0.5) is 0 Å². The van der Waals surface area contributed by atoms with Gasteiger partial charge < -0.3 is 9.15 Å². The lowest BCUT2D eigenvalue weighted by atomic mass is 10.2. The molecule has 1 heterocycles. The van der Waals surface area contributed by atoms with Crippen molar-refractivity contribution in [2.75, 3.05) is 6.61 Å². The summed E-state index contributed by atoms with van der Waals surface area (Å²) in [5.41, 5.74) is 1.60. The van der Waals surface area contributed by atoms with Crippen LogP contribution in [0.2, 0.25) is 0 Å². The minimum atomic E-state index is -4.05. The number of allylic oxidation sites excluding steroid dienone is 1. The van der Waals surface area contributed by atoms with Gasteiger partial charge in [-0.2, -0.15) is 13.0 Å². The summed E-state index contributed by atoms with van der Waals surface area (Å²) in [5, 5.41) is -0.789. The molecule has 1 N–H and O–H groups in total. The van der Waals surface area contributed by atoms with Gasteiger partial charge in [-0.05, 0) is 19.4 Å². The lowest BCUT2D eigenvalue weighted by molar-refractivity contribution is -0.678. The molecule has 0 fully saturated rings. The second-order valence-electron chi connectivity index (χ2n) is 5.79. The van der Waals surface area contributed by atoms with Crippen LogP contribution in [0.15, 0.2) is 34.4 Å². The second kappa shape index (κ2) is 8.49. The maximum absolute atomic E-state index is 11.5. The Morgan fingerprint density at radius 2 is 2.04 bits per heavy atom. The minimum Gasteiger partial charge on any atom is -0.498 e. The van der Waals surface area contributed by atoms with Crippen molar-refractivity contribution in [1.82, 2.24) is 0 Å². The van der Waals surface area contributed by atoms with Crippen LogP contribution in [0, 0.1) is 0 Å². The first kappa shape index (κ1) is 19.5. The molecule has 7 heteroatoms. The highest BCUT2D eigenvalue weighted by Crippen LogP contribution is 2.18. The van der Waals surface area contributed by atoms with Crippen LogP contribution in [0.3, 0.4) is 0 Å². The molecule has 0 aliphatic heterocycles. The highest BCUT2D eigenvalue weighted by Gasteiger charge is 2.26. The molecule has 0 aliphatic rings. The van der Waals surface area contributed by atoms with Crippen LogP contribution in [-0.4, -0.2) is 24.8 Å². The fourth-order valence-electron chi connectivity index (χ4n) is 2.80. The number of nitrogens with zero attached hydrogens (tertiary/aromatic N) is 1. The van der Waals surface area contributed by atoms with Crippen LogP contribution in [0.5, 0.6) is 0 Å². The fourth-order valence-corrected chi connectivity index (χ4v) is 3.62. The Kier molecular flexibility index (Phi) is 6.61. The molecule has 0 radical (unpaired) electrons. The Balaban J connectivity index is 2.41. The second-order valence-corrected chi connectivity index (χ2v) is 7.49. The first-order chi connectivity index (χ1) is 11.9. The monoisotopic (exact) mass is 368 g/mol. The molecule has 0 amide bonds. The van der Waals surface area contributed by atoms with Crippen LogP contribution < -0.4 is 4.57 Å². The standard InChI is InChI=1S/C18H25NO5S/c1-4-14(23-6-3)13-18-19(12-11-15(5-2)25(20,21)22)16-9-7-8-10-17(16)24-18/h7-10,13,15H,4-6,11-12H2,1-3H3/p+1. The molecule has 1 aromatic carbocycles. The zero-order valence-corrected chi connectivity index (χ0v) is 15.8. The fraction of sp³-hybridized carbons (Fsp3) is 0.500. The van der Waals surface area contributed by atoms with E-state index in [0.29, 0.717) is 31.9 Å². The Bertz CT molecular complexity index is 838. The summed E-state index contributed by atoms with van der Waals surface area (Å²) in [6.07, 6.45) is 3.24. The molecule has 138 valence electrons. The molecule has 0 saturated carbocycles. The van der Waals surface area contributed by atoms with E-state index in [9.17, 15) is 13.0 Å². The number of rotatable bonds is 9. The normalized spacial score (nSPS) is 14.0. The number of hydrogen-bond acceptors (Lipinski definition) is 4. The zero-order chi connectivity index (χ0) is 18.4. The topological polar surface area (TPSA) is 80.6 Å². The predicted molar refractivity (Wildman–Crippen MR) is 96.5 cm³/mol. The Labute approximate surface area is 148 Å². The summed E-state index contributed by atoms with van der Waals surface area (Å²) in [6.45, 7) is 6.67. The Morgan fingerprint density at radius 3 is 2.64 bits per heavy atom. The summed E-state index contributed by atoms with van der Waals surface area (Å²) in [6, 6.07) is 7.59. The van der Waals surface area contributed by atoms with Crippen molar-refractivity contribution >= 4 is 27.3 Å². The van der Waals surface area contributed by atoms with Gasteiger partial charge in [0.2, 0.25) is 5.58 Å². The molecule has 0 saturated heterocycles. The van der Waals surface area contributed by atoms with E-state index in [0.717, 1.165) is 23.3 Å². The van der Waals surface area contributed by atoms with E-state index in [-0.39, 0.29) is 0 Å². The van der Waals surface area contributed by atoms with Gasteiger partial charge in [0.25, 0.3) is 15.6 Å². The number of ether oxygens (including phenoxy) is 1. The van der Waals surface area contributed by atoms with Gasteiger partial charge in [-0.25, -0.2) is 0 Å². The lowest BCUT2D eigenvalue weighted by Crippen LogP contribution is -2.38. The van der Waals surface area contributed by atoms with Gasteiger partial charge in [0.05, 0.1) is 17.9 Å². The van der Waals surface area contributed by atoms with Crippen LogP contribution in [-0.2, 0) is 21.4 Å². The first-order valence-electron chi connectivity index (χ1n) is 8.61. The molecule has 0 bridgehead atoms. The average Bonchev–Trinajstić information content (AvgIpc) is 2.91. The number of aryl methyl sites for hydroxylation is 1. The SMILES string of the molecule is CCOC(=Cc1oc2ccccc2[n+]1CCC(CC)S(=O)(=O)O)CC. The molecule has 6 nitrogen and oxygen atoms in total. The van der Waals surface area contributed by atoms with Gasteiger partial charge in [-0.3, -0.25) is 4.55 Å². The van der Waals surface area contributed by atoms with E-state index in [1.165, 1.54) is 0 Å². The van der Waals surface area contributed by atoms with Crippen molar-refractivity contribution in [3.63, 3.8) is 0 Å². The minimum absolute atomic E-state index is 0.306. The van der Waals surface area contributed by atoms with E-state index in [1.807, 2.05) is 48.8 Å². The number of oxazole rings is 1. The summed E-state index contributed by atoms with van der Waals surface area (Å²) < 4.78 is 45.7. The molecule has 2 aromatic rings. The smallest absolute Gasteiger partial charge is 0.377 e. The largest absolute Gasteiger partial charge is 0.498 e. The van der Waals surface area contributed by atoms with Crippen LogP contribution >= 0.6 is 0 Å². The van der Waals surface area contributed by atoms with Gasteiger partial charge in [0.15, 0.2) is 6.54 Å². The number of hydrogen-bond donors (Lipinski definition) is 1. The zero-order valence-electron chi connectivity index (χ0n) is 14.9. The molecule has 2 rings (SSSR count). The maximum atomic E-state index is 11.5. The molecule has 1 atom stereocenters. The van der Waals surface area contributed by atoms with Gasteiger partial charge in [0, 0.05) is 18.9 Å². The third-order valence-corrected chi connectivity index (χ3v) is 5.56. The Hall–Kier alpha value is -1.86. The highest BCUT2D eigenvalue weighted by molar-refractivity contribution is 7.86. The van der Waals surface area contributed by atoms with Crippen LogP contribution in [0.1, 0.15) is 45.9 Å². The summed E-state index contributed by atoms with van der Waals surface area (Å²) in [7, 11) is -4.05. The lowest BCUT2D eigenvalue weighted by Gasteiger charge is -2.08. The number of para-hydroxylation sites is 2. The van der Waals surface area contributed by atoms with Crippen molar-refractivity contribution in [3.8, 4) is 0 Å². The molecule has 1 aromatic heterocycles. The maximum Gasteiger partial charge on any atom is 0.377 e. The number of fused-ring (bicyclic) bond motifs is 1. The number of benzene rings is 1. The summed E-state index contributed by atoms with van der Waals surface area (Å²) in [4.78, 5) is 0. The van der Waals surface area contributed by atoms with Crippen molar-refractivity contribution in [1.29, 1.82) is 0 Å². The van der Waals surface area contributed by atoms with E-state index in [2.05, 4.69) is 0 Å². The third-order valence-electron chi connectivity index (χ3n) is 4.15. The summed E-state index contributed by atoms with van der Waals surface area (Å²) in [5.74, 6) is 1.41. The quantitative estimate of drug-likeness (QED) is 0.416. The van der Waals surface area contributed by atoms with Gasteiger partial charge in [-0.1, -0.05) is 26.0 Å². The third kappa shape index (κ3) is 4.83. The van der Waals surface area contributed by atoms with Crippen LogP contribution in [0.25, 0.3) is 17.2 Å². The highest BCUT2D eigenvalue weighted by atomic mass is 32.2. The van der Waals surface area contributed by atoms with Crippen molar-refractivity contribution in [3.05, 3.63) is 35.9 Å². The molecular weight excluding hydrogens is 342 g/mol.